The Balaban J connectivity index is 2.22. The minimum Gasteiger partial charge on any atom is -0.466 e. The molecule has 1 N–H and O–H groups in total. The zero-order valence-electron chi connectivity index (χ0n) is 11.1. The van der Waals surface area contributed by atoms with E-state index in [1.165, 1.54) is 11.3 Å². The number of hydrogen-bond acceptors (Lipinski definition) is 5. The summed E-state index contributed by atoms with van der Waals surface area (Å²) in [4.78, 5) is 15.4. The van der Waals surface area contributed by atoms with Crippen molar-refractivity contribution in [2.24, 2.45) is 0 Å². The molecule has 0 radical (unpaired) electrons. The Bertz CT molecular complexity index is 421. The quantitative estimate of drug-likeness (QED) is 0.590. The molecule has 20 heavy (non-hydrogen) atoms. The first-order chi connectivity index (χ1) is 9.40. The number of unbranched alkanes of at least 4 members (excludes halogenated alkanes) is 1. The fraction of sp³-hybridized carbons (Fsp3) is 0.667. The van der Waals surface area contributed by atoms with Gasteiger partial charge < -0.3 is 10.1 Å². The van der Waals surface area contributed by atoms with E-state index in [2.05, 4.69) is 10.3 Å². The van der Waals surface area contributed by atoms with Gasteiger partial charge in [-0.2, -0.15) is 13.2 Å². The number of alkyl halides is 3. The van der Waals surface area contributed by atoms with Crippen LogP contribution < -0.4 is 5.32 Å². The number of nitrogens with zero attached hydrogens (tertiary/aromatic N) is 1. The topological polar surface area (TPSA) is 51.2 Å². The Morgan fingerprint density at radius 3 is 2.85 bits per heavy atom. The molecule has 0 amide bonds. The lowest BCUT2D eigenvalue weighted by Crippen LogP contribution is -2.09. The number of ether oxygens (including phenoxy) is 1. The van der Waals surface area contributed by atoms with Gasteiger partial charge in [-0.3, -0.25) is 4.79 Å². The Labute approximate surface area is 119 Å². The van der Waals surface area contributed by atoms with E-state index >= 15 is 0 Å². The molecule has 0 aliphatic rings. The number of aromatic nitrogens is 1. The van der Waals surface area contributed by atoms with Crippen LogP contribution in [0.5, 0.6) is 0 Å². The van der Waals surface area contributed by atoms with E-state index in [0.29, 0.717) is 30.4 Å². The number of carbonyl (C=O) groups excluding carboxylic acids is 1. The maximum absolute atomic E-state index is 11.9. The summed E-state index contributed by atoms with van der Waals surface area (Å²) in [5.74, 6) is -0.338. The molecular weight excluding hydrogens is 293 g/mol. The molecule has 114 valence electrons. The van der Waals surface area contributed by atoms with Crippen LogP contribution in [0.15, 0.2) is 5.38 Å². The number of halogens is 3. The molecule has 0 unspecified atom stereocenters. The monoisotopic (exact) mass is 310 g/mol. The number of nitrogens with one attached hydrogen (secondary N) is 1. The number of rotatable bonds is 8. The van der Waals surface area contributed by atoms with E-state index < -0.39 is 12.6 Å². The van der Waals surface area contributed by atoms with Crippen LogP contribution in [0.4, 0.5) is 18.3 Å². The van der Waals surface area contributed by atoms with E-state index in [1.54, 1.807) is 12.3 Å². The van der Waals surface area contributed by atoms with Gasteiger partial charge in [0.15, 0.2) is 5.13 Å². The lowest BCUT2D eigenvalue weighted by atomic mass is 10.2. The molecule has 0 saturated heterocycles. The molecule has 0 aliphatic heterocycles. The summed E-state index contributed by atoms with van der Waals surface area (Å²) in [6.45, 7) is 2.49. The summed E-state index contributed by atoms with van der Waals surface area (Å²) in [7, 11) is 0. The molecule has 1 aromatic rings. The summed E-state index contributed by atoms with van der Waals surface area (Å²) in [6.07, 6.45) is -4.22. The summed E-state index contributed by atoms with van der Waals surface area (Å²) in [5, 5.41) is 5.28. The zero-order valence-corrected chi connectivity index (χ0v) is 11.9. The van der Waals surface area contributed by atoms with Gasteiger partial charge in [-0.1, -0.05) is 0 Å². The number of carbonyl (C=O) groups is 1. The van der Waals surface area contributed by atoms with E-state index in [9.17, 15) is 18.0 Å². The minimum absolute atomic E-state index is 0.0948. The number of thiazole rings is 1. The Kier molecular flexibility index (Phi) is 6.77. The molecule has 0 aromatic carbocycles. The van der Waals surface area contributed by atoms with Crippen LogP contribution in [0.25, 0.3) is 0 Å². The lowest BCUT2D eigenvalue weighted by molar-refractivity contribution is -0.142. The van der Waals surface area contributed by atoms with Crippen molar-refractivity contribution >= 4 is 22.4 Å². The predicted molar refractivity (Wildman–Crippen MR) is 70.8 cm³/mol. The smallest absolute Gasteiger partial charge is 0.389 e. The summed E-state index contributed by atoms with van der Waals surface area (Å²) >= 11 is 1.32. The highest BCUT2D eigenvalue weighted by Gasteiger charge is 2.25. The lowest BCUT2D eigenvalue weighted by Gasteiger charge is -2.06. The maximum atomic E-state index is 11.9. The Morgan fingerprint density at radius 1 is 1.45 bits per heavy atom. The first-order valence-corrected chi connectivity index (χ1v) is 7.19. The molecule has 1 heterocycles. The number of esters is 1. The highest BCUT2D eigenvalue weighted by atomic mass is 32.1. The summed E-state index contributed by atoms with van der Waals surface area (Å²) in [6, 6.07) is 0. The SMILES string of the molecule is CCOC(=O)Cc1csc(NCCCCC(F)(F)F)n1. The van der Waals surface area contributed by atoms with Crippen LogP contribution in [0.1, 0.15) is 31.9 Å². The van der Waals surface area contributed by atoms with Gasteiger partial charge >= 0.3 is 12.1 Å². The van der Waals surface area contributed by atoms with Crippen molar-refractivity contribution in [2.45, 2.75) is 38.8 Å². The molecule has 0 fully saturated rings. The normalized spacial score (nSPS) is 11.4. The molecule has 4 nitrogen and oxygen atoms in total. The standard InChI is InChI=1S/C12H17F3N2O2S/c1-2-19-10(18)7-9-8-20-11(17-9)16-6-4-3-5-12(13,14)15/h8H,2-7H2,1H3,(H,16,17). The van der Waals surface area contributed by atoms with E-state index in [0.717, 1.165) is 0 Å². The average molecular weight is 310 g/mol. The number of hydrogen-bond donors (Lipinski definition) is 1. The maximum Gasteiger partial charge on any atom is 0.389 e. The predicted octanol–water partition coefficient (Wildman–Crippen LogP) is 3.39. The molecular formula is C12H17F3N2O2S. The molecule has 1 rings (SSSR count). The van der Waals surface area contributed by atoms with Gasteiger partial charge in [0.05, 0.1) is 18.7 Å². The number of anilines is 1. The Morgan fingerprint density at radius 2 is 2.20 bits per heavy atom. The van der Waals surface area contributed by atoms with Crippen LogP contribution in [-0.2, 0) is 16.0 Å². The molecule has 0 saturated carbocycles. The third-order valence-electron chi connectivity index (χ3n) is 2.35. The molecule has 8 heteroatoms. The first-order valence-electron chi connectivity index (χ1n) is 6.31. The largest absolute Gasteiger partial charge is 0.466 e. The van der Waals surface area contributed by atoms with Crippen molar-refractivity contribution in [3.8, 4) is 0 Å². The highest BCUT2D eigenvalue weighted by molar-refractivity contribution is 7.13. The fourth-order valence-electron chi connectivity index (χ4n) is 1.48. The van der Waals surface area contributed by atoms with Crippen LogP contribution in [-0.4, -0.2) is 30.3 Å². The van der Waals surface area contributed by atoms with Crippen molar-refractivity contribution < 1.29 is 22.7 Å². The van der Waals surface area contributed by atoms with E-state index in [4.69, 9.17) is 4.74 Å². The van der Waals surface area contributed by atoms with Crippen molar-refractivity contribution in [3.63, 3.8) is 0 Å². The van der Waals surface area contributed by atoms with Crippen LogP contribution in [0.2, 0.25) is 0 Å². The third kappa shape index (κ3) is 7.32. The van der Waals surface area contributed by atoms with Crippen molar-refractivity contribution in [3.05, 3.63) is 11.1 Å². The second-order valence-corrected chi connectivity index (χ2v) is 4.98. The van der Waals surface area contributed by atoms with Crippen LogP contribution in [0.3, 0.4) is 0 Å². The van der Waals surface area contributed by atoms with Gasteiger partial charge in [-0.25, -0.2) is 4.98 Å². The van der Waals surface area contributed by atoms with Gasteiger partial charge in [-0.15, -0.1) is 11.3 Å². The molecule has 0 aliphatic carbocycles. The van der Waals surface area contributed by atoms with Gasteiger partial charge in [-0.05, 0) is 19.8 Å². The van der Waals surface area contributed by atoms with Crippen molar-refractivity contribution in [2.75, 3.05) is 18.5 Å². The highest BCUT2D eigenvalue weighted by Crippen LogP contribution is 2.22. The molecule has 0 bridgehead atoms. The van der Waals surface area contributed by atoms with Crippen LogP contribution in [0, 0.1) is 0 Å². The fourth-order valence-corrected chi connectivity index (χ4v) is 2.21. The summed E-state index contributed by atoms with van der Waals surface area (Å²) < 4.78 is 40.6. The summed E-state index contributed by atoms with van der Waals surface area (Å²) in [5.41, 5.74) is 0.603. The van der Waals surface area contributed by atoms with Gasteiger partial charge in [0.1, 0.15) is 0 Å². The van der Waals surface area contributed by atoms with Crippen LogP contribution >= 0.6 is 11.3 Å². The second-order valence-electron chi connectivity index (χ2n) is 4.12. The second kappa shape index (κ2) is 8.08. The molecule has 1 aromatic heterocycles. The van der Waals surface area contributed by atoms with E-state index in [-0.39, 0.29) is 18.8 Å². The van der Waals surface area contributed by atoms with Crippen molar-refractivity contribution in [1.29, 1.82) is 0 Å². The third-order valence-corrected chi connectivity index (χ3v) is 3.19. The Hall–Kier alpha value is -1.31. The zero-order chi connectivity index (χ0) is 15.0. The van der Waals surface area contributed by atoms with Crippen molar-refractivity contribution in [1.82, 2.24) is 4.98 Å². The molecule has 0 spiro atoms. The average Bonchev–Trinajstić information content (AvgIpc) is 2.75. The minimum atomic E-state index is -4.09. The van der Waals surface area contributed by atoms with E-state index in [1.807, 2.05) is 0 Å². The first kappa shape index (κ1) is 16.7. The van der Waals surface area contributed by atoms with Gasteiger partial charge in [0.2, 0.25) is 0 Å². The molecule has 0 atom stereocenters. The van der Waals surface area contributed by atoms with Gasteiger partial charge in [0, 0.05) is 18.3 Å². The van der Waals surface area contributed by atoms with Gasteiger partial charge in [0.25, 0.3) is 0 Å².